The van der Waals surface area contributed by atoms with Gasteiger partial charge in [0.1, 0.15) is 23.5 Å². The van der Waals surface area contributed by atoms with Crippen LogP contribution in [0.5, 0.6) is 5.75 Å². The van der Waals surface area contributed by atoms with E-state index in [-0.39, 0.29) is 16.4 Å². The molecule has 0 aliphatic carbocycles. The van der Waals surface area contributed by atoms with E-state index in [4.69, 9.17) is 0 Å². The van der Waals surface area contributed by atoms with Gasteiger partial charge in [0.25, 0.3) is 10.0 Å². The maximum Gasteiger partial charge on any atom is 0.573 e. The molecule has 5 aromatic rings. The molecule has 3 aromatic carbocycles. The average molecular weight is 528 g/mol. The summed E-state index contributed by atoms with van der Waals surface area (Å²) in [5, 5.41) is 0.691. The molecule has 0 atom stereocenters. The Morgan fingerprint density at radius 3 is 2.14 bits per heavy atom. The van der Waals surface area contributed by atoms with Crippen molar-refractivity contribution in [3.05, 3.63) is 91.0 Å². The second-order valence-corrected chi connectivity index (χ2v) is 9.56. The summed E-state index contributed by atoms with van der Waals surface area (Å²) < 4.78 is 81.9. The van der Waals surface area contributed by atoms with Crippen LogP contribution in [0.4, 0.5) is 23.2 Å². The van der Waals surface area contributed by atoms with Crippen LogP contribution in [-0.2, 0) is 10.0 Å². The van der Waals surface area contributed by atoms with Crippen molar-refractivity contribution in [2.75, 3.05) is 4.72 Å². The third kappa shape index (κ3) is 5.38. The molecular formula is C25H16F4N4O3S. The zero-order valence-corrected chi connectivity index (χ0v) is 19.4. The third-order valence-electron chi connectivity index (χ3n) is 5.36. The molecule has 7 nitrogen and oxygen atoms in total. The number of anilines is 1. The zero-order valence-electron chi connectivity index (χ0n) is 18.6. The van der Waals surface area contributed by atoms with Gasteiger partial charge in [-0.2, -0.15) is 0 Å². The largest absolute Gasteiger partial charge is 0.573 e. The number of sulfonamides is 1. The number of H-pyrrole nitrogens is 1. The minimum atomic E-state index is -4.85. The number of nitrogens with zero attached hydrogens (tertiary/aromatic N) is 2. The number of aromatic nitrogens is 3. The van der Waals surface area contributed by atoms with Crippen molar-refractivity contribution in [2.45, 2.75) is 11.3 Å². The highest BCUT2D eigenvalue weighted by Crippen LogP contribution is 2.31. The Morgan fingerprint density at radius 1 is 0.838 bits per heavy atom. The van der Waals surface area contributed by atoms with Crippen molar-refractivity contribution in [3.8, 4) is 28.3 Å². The monoisotopic (exact) mass is 528 g/mol. The molecule has 0 bridgehead atoms. The lowest BCUT2D eigenvalue weighted by Gasteiger charge is -2.11. The Morgan fingerprint density at radius 2 is 1.49 bits per heavy atom. The predicted octanol–water partition coefficient (Wildman–Crippen LogP) is 6.13. The summed E-state index contributed by atoms with van der Waals surface area (Å²) >= 11 is 0. The summed E-state index contributed by atoms with van der Waals surface area (Å²) in [7, 11) is -4.02. The van der Waals surface area contributed by atoms with Crippen molar-refractivity contribution >= 4 is 26.7 Å². The van der Waals surface area contributed by atoms with Gasteiger partial charge in [-0.3, -0.25) is 4.72 Å². The van der Waals surface area contributed by atoms with E-state index in [2.05, 4.69) is 24.4 Å². The Labute approximate surface area is 207 Å². The quantitative estimate of drug-likeness (QED) is 0.259. The van der Waals surface area contributed by atoms with Crippen molar-refractivity contribution < 1.29 is 30.7 Å². The van der Waals surface area contributed by atoms with Crippen LogP contribution in [0.25, 0.3) is 33.5 Å². The number of benzene rings is 3. The molecule has 0 aliphatic rings. The van der Waals surface area contributed by atoms with E-state index in [1.165, 1.54) is 30.6 Å². The molecule has 0 radical (unpaired) electrons. The van der Waals surface area contributed by atoms with Crippen LogP contribution in [0, 0.1) is 5.82 Å². The van der Waals surface area contributed by atoms with Gasteiger partial charge in [0.15, 0.2) is 0 Å². The number of alkyl halides is 3. The highest BCUT2D eigenvalue weighted by atomic mass is 32.2. The molecule has 0 aliphatic heterocycles. The number of fused-ring (bicyclic) bond motifs is 1. The lowest BCUT2D eigenvalue weighted by Crippen LogP contribution is -2.17. The van der Waals surface area contributed by atoms with Crippen LogP contribution >= 0.6 is 0 Å². The highest BCUT2D eigenvalue weighted by Gasteiger charge is 2.31. The van der Waals surface area contributed by atoms with Gasteiger partial charge in [-0.25, -0.2) is 22.8 Å². The summed E-state index contributed by atoms with van der Waals surface area (Å²) in [5.41, 5.74) is 3.29. The molecule has 0 saturated carbocycles. The summed E-state index contributed by atoms with van der Waals surface area (Å²) in [6.07, 6.45) is -3.47. The van der Waals surface area contributed by atoms with Crippen molar-refractivity contribution in [1.82, 2.24) is 15.0 Å². The van der Waals surface area contributed by atoms with E-state index in [0.29, 0.717) is 28.0 Å². The fourth-order valence-electron chi connectivity index (χ4n) is 3.69. The third-order valence-corrected chi connectivity index (χ3v) is 6.76. The van der Waals surface area contributed by atoms with Crippen molar-refractivity contribution in [2.24, 2.45) is 0 Å². The SMILES string of the molecule is O=S(=O)(Nc1ccc(OC(F)(F)F)cc1)c1ccc(-c2ncnc3[nH]c(-c4ccc(F)cc4)cc23)cc1. The number of ether oxygens (including phenoxy) is 1. The lowest BCUT2D eigenvalue weighted by atomic mass is 10.1. The minimum Gasteiger partial charge on any atom is -0.406 e. The zero-order chi connectivity index (χ0) is 26.2. The van der Waals surface area contributed by atoms with Gasteiger partial charge in [0.05, 0.1) is 10.6 Å². The van der Waals surface area contributed by atoms with Gasteiger partial charge >= 0.3 is 6.36 Å². The van der Waals surface area contributed by atoms with Gasteiger partial charge < -0.3 is 9.72 Å². The molecule has 0 fully saturated rings. The second kappa shape index (κ2) is 9.21. The first kappa shape index (κ1) is 24.3. The lowest BCUT2D eigenvalue weighted by molar-refractivity contribution is -0.274. The van der Waals surface area contributed by atoms with Gasteiger partial charge in [-0.15, -0.1) is 13.2 Å². The summed E-state index contributed by atoms with van der Waals surface area (Å²) in [5.74, 6) is -0.819. The first-order valence-electron chi connectivity index (χ1n) is 10.7. The Balaban J connectivity index is 1.38. The number of rotatable bonds is 6. The molecule has 0 unspecified atom stereocenters. The van der Waals surface area contributed by atoms with Crippen LogP contribution in [0.1, 0.15) is 0 Å². The maximum atomic E-state index is 13.3. The minimum absolute atomic E-state index is 0.0572. The van der Waals surface area contributed by atoms with E-state index in [9.17, 15) is 26.0 Å². The molecule has 188 valence electrons. The number of aromatic amines is 1. The van der Waals surface area contributed by atoms with Crippen LogP contribution in [0.15, 0.2) is 90.1 Å². The van der Waals surface area contributed by atoms with Crippen molar-refractivity contribution in [3.63, 3.8) is 0 Å². The number of hydrogen-bond acceptors (Lipinski definition) is 5. The predicted molar refractivity (Wildman–Crippen MR) is 129 cm³/mol. The molecule has 2 aromatic heterocycles. The van der Waals surface area contributed by atoms with Crippen LogP contribution in [-0.4, -0.2) is 29.7 Å². The molecule has 2 N–H and O–H groups in total. The molecule has 2 heterocycles. The molecule has 12 heteroatoms. The van der Waals surface area contributed by atoms with E-state index in [1.54, 1.807) is 24.3 Å². The van der Waals surface area contributed by atoms with E-state index >= 15 is 0 Å². The van der Waals surface area contributed by atoms with Crippen LogP contribution < -0.4 is 9.46 Å². The Bertz CT molecular complexity index is 1670. The Kier molecular flexibility index (Phi) is 6.04. The first-order chi connectivity index (χ1) is 17.6. The molecule has 0 saturated heterocycles. The van der Waals surface area contributed by atoms with Crippen molar-refractivity contribution in [1.29, 1.82) is 0 Å². The summed E-state index contributed by atoms with van der Waals surface area (Å²) in [6.45, 7) is 0. The highest BCUT2D eigenvalue weighted by molar-refractivity contribution is 7.92. The van der Waals surface area contributed by atoms with E-state index in [1.807, 2.05) is 6.07 Å². The van der Waals surface area contributed by atoms with Gasteiger partial charge in [0.2, 0.25) is 0 Å². The number of halogens is 4. The fourth-order valence-corrected chi connectivity index (χ4v) is 4.74. The Hall–Kier alpha value is -4.45. The first-order valence-corrected chi connectivity index (χ1v) is 12.1. The van der Waals surface area contributed by atoms with E-state index < -0.39 is 22.1 Å². The summed E-state index contributed by atoms with van der Waals surface area (Å²) in [6, 6.07) is 18.1. The molecular weight excluding hydrogens is 512 g/mol. The molecule has 37 heavy (non-hydrogen) atoms. The number of nitrogens with one attached hydrogen (secondary N) is 2. The fraction of sp³-hybridized carbons (Fsp3) is 0.0400. The van der Waals surface area contributed by atoms with E-state index in [0.717, 1.165) is 29.8 Å². The summed E-state index contributed by atoms with van der Waals surface area (Å²) in [4.78, 5) is 11.7. The smallest absolute Gasteiger partial charge is 0.406 e. The molecule has 0 amide bonds. The standard InChI is InChI=1S/C25H16F4N4O3S/c26-17-5-1-15(2-6-17)22-13-21-23(30-14-31-24(21)32-22)16-3-11-20(12-4-16)37(34,35)33-18-7-9-19(10-8-18)36-25(27,28)29/h1-14,33H,(H,30,31,32). The second-order valence-electron chi connectivity index (χ2n) is 7.88. The van der Waals surface area contributed by atoms with Crippen LogP contribution in [0.2, 0.25) is 0 Å². The molecule has 5 rings (SSSR count). The maximum absolute atomic E-state index is 13.3. The number of hydrogen-bond donors (Lipinski definition) is 2. The normalized spacial score (nSPS) is 12.0. The average Bonchev–Trinajstić information content (AvgIpc) is 3.29. The van der Waals surface area contributed by atoms with Gasteiger partial charge in [0, 0.05) is 22.3 Å². The topological polar surface area (TPSA) is 97.0 Å². The molecule has 0 spiro atoms. The van der Waals surface area contributed by atoms with Gasteiger partial charge in [-0.05, 0) is 72.3 Å². The van der Waals surface area contributed by atoms with Crippen LogP contribution in [0.3, 0.4) is 0 Å². The van der Waals surface area contributed by atoms with Gasteiger partial charge in [-0.1, -0.05) is 12.1 Å².